The molecule has 20 heavy (non-hydrogen) atoms. The number of H-pyrrole nitrogens is 1. The Morgan fingerprint density at radius 1 is 1.30 bits per heavy atom. The number of amides is 1. The Morgan fingerprint density at radius 3 is 2.45 bits per heavy atom. The van der Waals surface area contributed by atoms with E-state index in [0.29, 0.717) is 13.1 Å². The van der Waals surface area contributed by atoms with Crippen molar-refractivity contribution >= 4 is 5.91 Å². The molecule has 0 aromatic carbocycles. The van der Waals surface area contributed by atoms with Crippen LogP contribution < -0.4 is 0 Å². The van der Waals surface area contributed by atoms with Gasteiger partial charge in [0.1, 0.15) is 5.82 Å². The molecule has 1 amide bonds. The summed E-state index contributed by atoms with van der Waals surface area (Å²) in [4.78, 5) is 18.6. The summed E-state index contributed by atoms with van der Waals surface area (Å²) in [6.07, 6.45) is 1.78. The van der Waals surface area contributed by atoms with Crippen LogP contribution in [0.15, 0.2) is 0 Å². The van der Waals surface area contributed by atoms with Gasteiger partial charge in [-0.25, -0.2) is 4.98 Å². The third kappa shape index (κ3) is 3.36. The number of aromatic amines is 1. The Balaban J connectivity index is 2.15. The minimum Gasteiger partial charge on any atom is -0.366 e. The molecule has 0 atom stereocenters. The van der Waals surface area contributed by atoms with Gasteiger partial charge in [0, 0.05) is 19.5 Å². The first-order chi connectivity index (χ1) is 9.22. The summed E-state index contributed by atoms with van der Waals surface area (Å²) >= 11 is 0. The first-order valence-corrected chi connectivity index (χ1v) is 7.13. The van der Waals surface area contributed by atoms with E-state index in [-0.39, 0.29) is 22.9 Å². The van der Waals surface area contributed by atoms with E-state index < -0.39 is 0 Å². The number of ether oxygens (including phenoxy) is 1. The van der Waals surface area contributed by atoms with Crippen molar-refractivity contribution in [2.24, 2.45) is 0 Å². The number of nitrogens with one attached hydrogen (secondary N) is 1. The summed E-state index contributed by atoms with van der Waals surface area (Å²) in [5.41, 5.74) is -0.722. The fourth-order valence-electron chi connectivity index (χ4n) is 2.81. The number of rotatable bonds is 3. The van der Waals surface area contributed by atoms with E-state index in [2.05, 4.69) is 22.1 Å². The van der Waals surface area contributed by atoms with Gasteiger partial charge in [-0.2, -0.15) is 0 Å². The molecule has 1 N–H and O–H groups in total. The Kier molecular flexibility index (Phi) is 3.86. The number of nitrogens with zero attached hydrogens (tertiary/aromatic N) is 3. The lowest BCUT2D eigenvalue weighted by molar-refractivity contribution is -0.171. The quantitative estimate of drug-likeness (QED) is 0.916. The van der Waals surface area contributed by atoms with Gasteiger partial charge in [-0.15, -0.1) is 5.10 Å². The number of morpholine rings is 1. The minimum absolute atomic E-state index is 0.131. The molecule has 0 aliphatic carbocycles. The maximum absolute atomic E-state index is 12.5. The zero-order valence-electron chi connectivity index (χ0n) is 13.0. The molecule has 0 bridgehead atoms. The van der Waals surface area contributed by atoms with Gasteiger partial charge in [0.2, 0.25) is 5.82 Å². The second kappa shape index (κ2) is 5.16. The highest BCUT2D eigenvalue weighted by Gasteiger charge is 2.40. The van der Waals surface area contributed by atoms with Gasteiger partial charge in [0.05, 0.1) is 11.2 Å². The largest absolute Gasteiger partial charge is 0.366 e. The van der Waals surface area contributed by atoms with Crippen molar-refractivity contribution in [3.05, 3.63) is 11.6 Å². The van der Waals surface area contributed by atoms with Crippen LogP contribution in [0.25, 0.3) is 0 Å². The molecular formula is C14H24N4O2. The van der Waals surface area contributed by atoms with Gasteiger partial charge >= 0.3 is 0 Å². The number of aromatic nitrogens is 3. The maximum atomic E-state index is 12.5. The molecule has 1 saturated heterocycles. The van der Waals surface area contributed by atoms with Crippen molar-refractivity contribution < 1.29 is 9.53 Å². The van der Waals surface area contributed by atoms with Crippen LogP contribution in [0.3, 0.4) is 0 Å². The summed E-state index contributed by atoms with van der Waals surface area (Å²) in [7, 11) is 0. The van der Waals surface area contributed by atoms with Gasteiger partial charge in [-0.1, -0.05) is 6.92 Å². The molecule has 0 saturated carbocycles. The van der Waals surface area contributed by atoms with Crippen LogP contribution in [0, 0.1) is 0 Å². The summed E-state index contributed by atoms with van der Waals surface area (Å²) < 4.78 is 5.98. The highest BCUT2D eigenvalue weighted by molar-refractivity contribution is 5.90. The van der Waals surface area contributed by atoms with Gasteiger partial charge in [0.25, 0.3) is 5.91 Å². The highest BCUT2D eigenvalue weighted by Crippen LogP contribution is 2.28. The molecule has 2 heterocycles. The van der Waals surface area contributed by atoms with Crippen molar-refractivity contribution in [2.45, 2.75) is 58.7 Å². The maximum Gasteiger partial charge on any atom is 0.293 e. The van der Waals surface area contributed by atoms with Crippen LogP contribution >= 0.6 is 0 Å². The van der Waals surface area contributed by atoms with E-state index in [1.807, 2.05) is 27.7 Å². The van der Waals surface area contributed by atoms with Crippen molar-refractivity contribution in [2.75, 3.05) is 13.1 Å². The van der Waals surface area contributed by atoms with Crippen molar-refractivity contribution in [3.63, 3.8) is 0 Å². The molecule has 1 aromatic heterocycles. The summed E-state index contributed by atoms with van der Waals surface area (Å²) in [6.45, 7) is 11.1. The topological polar surface area (TPSA) is 71.1 Å². The molecule has 1 fully saturated rings. The van der Waals surface area contributed by atoms with Crippen molar-refractivity contribution in [1.29, 1.82) is 0 Å². The fraction of sp³-hybridized carbons (Fsp3) is 0.786. The van der Waals surface area contributed by atoms with Gasteiger partial charge < -0.3 is 9.64 Å². The monoisotopic (exact) mass is 280 g/mol. The van der Waals surface area contributed by atoms with Crippen LogP contribution in [0.1, 0.15) is 57.5 Å². The molecule has 6 heteroatoms. The van der Waals surface area contributed by atoms with E-state index in [0.717, 1.165) is 18.7 Å². The molecule has 0 unspecified atom stereocenters. The first kappa shape index (κ1) is 15.0. The minimum atomic E-state index is -0.361. The molecule has 0 radical (unpaired) electrons. The normalized spacial score (nSPS) is 20.9. The number of hydrogen-bond acceptors (Lipinski definition) is 4. The summed E-state index contributed by atoms with van der Waals surface area (Å²) in [5.74, 6) is 0.887. The molecule has 0 spiro atoms. The smallest absolute Gasteiger partial charge is 0.293 e. The lowest BCUT2D eigenvalue weighted by atomic mass is 9.99. The Morgan fingerprint density at radius 2 is 1.90 bits per heavy atom. The summed E-state index contributed by atoms with van der Waals surface area (Å²) in [5, 5.41) is 6.87. The van der Waals surface area contributed by atoms with Crippen LogP contribution in [-0.4, -0.2) is 50.3 Å². The number of hydrogen-bond donors (Lipinski definition) is 1. The zero-order valence-corrected chi connectivity index (χ0v) is 13.0. The van der Waals surface area contributed by atoms with Crippen LogP contribution in [0.4, 0.5) is 0 Å². The highest BCUT2D eigenvalue weighted by atomic mass is 16.5. The van der Waals surface area contributed by atoms with Gasteiger partial charge in [0.15, 0.2) is 0 Å². The number of carbonyl (C=O) groups is 1. The third-order valence-corrected chi connectivity index (χ3v) is 3.19. The fourth-order valence-corrected chi connectivity index (χ4v) is 2.81. The van der Waals surface area contributed by atoms with E-state index in [1.54, 1.807) is 4.90 Å². The van der Waals surface area contributed by atoms with E-state index in [9.17, 15) is 4.79 Å². The molecule has 6 nitrogen and oxygen atoms in total. The number of aryl methyl sites for hydroxylation is 1. The predicted molar refractivity (Wildman–Crippen MR) is 75.5 cm³/mol. The zero-order chi connectivity index (χ0) is 15.0. The standard InChI is InChI=1S/C14H24N4O2/c1-6-7-10-15-11(17-16-10)12(19)18-8-13(2,3)20-14(4,5)9-18/h6-9H2,1-5H3,(H,15,16,17). The Labute approximate surface area is 119 Å². The number of carbonyl (C=O) groups excluding carboxylic acids is 1. The lowest BCUT2D eigenvalue weighted by Crippen LogP contribution is -2.58. The van der Waals surface area contributed by atoms with Gasteiger partial charge in [-0.3, -0.25) is 9.89 Å². The van der Waals surface area contributed by atoms with E-state index >= 15 is 0 Å². The molecule has 1 aliphatic heterocycles. The van der Waals surface area contributed by atoms with Crippen LogP contribution in [-0.2, 0) is 11.2 Å². The molecule has 2 rings (SSSR count). The predicted octanol–water partition coefficient (Wildman–Crippen LogP) is 1.79. The average Bonchev–Trinajstić information content (AvgIpc) is 2.73. The van der Waals surface area contributed by atoms with Crippen molar-refractivity contribution in [3.8, 4) is 0 Å². The van der Waals surface area contributed by atoms with Crippen LogP contribution in [0.5, 0.6) is 0 Å². The average molecular weight is 280 g/mol. The SMILES string of the molecule is CCCc1nc(C(=O)N2CC(C)(C)OC(C)(C)C2)n[nH]1. The van der Waals surface area contributed by atoms with E-state index in [1.165, 1.54) is 0 Å². The Hall–Kier alpha value is -1.43. The lowest BCUT2D eigenvalue weighted by Gasteiger charge is -2.46. The van der Waals surface area contributed by atoms with Crippen LogP contribution in [0.2, 0.25) is 0 Å². The molecule has 1 aliphatic rings. The van der Waals surface area contributed by atoms with Gasteiger partial charge in [-0.05, 0) is 34.1 Å². The first-order valence-electron chi connectivity index (χ1n) is 7.13. The second-order valence-corrected chi connectivity index (χ2v) is 6.64. The Bertz CT molecular complexity index is 477. The van der Waals surface area contributed by atoms with E-state index in [4.69, 9.17) is 4.74 Å². The molecule has 112 valence electrons. The third-order valence-electron chi connectivity index (χ3n) is 3.19. The summed E-state index contributed by atoms with van der Waals surface area (Å²) in [6, 6.07) is 0. The van der Waals surface area contributed by atoms with Crippen molar-refractivity contribution in [1.82, 2.24) is 20.1 Å². The second-order valence-electron chi connectivity index (χ2n) is 6.64. The molecular weight excluding hydrogens is 256 g/mol. The molecule has 1 aromatic rings.